The highest BCUT2D eigenvalue weighted by atomic mass is 79.9. The summed E-state index contributed by atoms with van der Waals surface area (Å²) in [5.74, 6) is 0.167. The van der Waals surface area contributed by atoms with Crippen molar-refractivity contribution in [1.29, 1.82) is 0 Å². The van der Waals surface area contributed by atoms with Crippen molar-refractivity contribution in [2.24, 2.45) is 0 Å². The molecule has 0 spiro atoms. The van der Waals surface area contributed by atoms with Crippen molar-refractivity contribution in [1.82, 2.24) is 14.5 Å². The van der Waals surface area contributed by atoms with Gasteiger partial charge in [-0.15, -0.1) is 12.4 Å². The van der Waals surface area contributed by atoms with Gasteiger partial charge in [0.15, 0.2) is 0 Å². The molecule has 1 aromatic carbocycles. The van der Waals surface area contributed by atoms with Gasteiger partial charge >= 0.3 is 0 Å². The normalized spacial score (nSPS) is 26.0. The Morgan fingerprint density at radius 2 is 1.87 bits per heavy atom. The summed E-state index contributed by atoms with van der Waals surface area (Å²) < 4.78 is 26.5. The van der Waals surface area contributed by atoms with Crippen LogP contribution in [0, 0.1) is 0 Å². The standard InChI is InChI=1S/C21H32BrN3O3S.ClH/c1-2-15-29(27,28)25-13-11-24(12-14-25)21(10-6-9-19(22)16-21)17-23-20(26)18-7-4-3-5-8-18;/h3-5,7-8,19H,2,6,9-17H2,1H3,(H,23,26);1H. The second kappa shape index (κ2) is 11.3. The Balaban J connectivity index is 0.00000320. The van der Waals surface area contributed by atoms with Crippen LogP contribution in [0.25, 0.3) is 0 Å². The Bertz CT molecular complexity index is 788. The van der Waals surface area contributed by atoms with E-state index in [2.05, 4.69) is 26.1 Å². The Morgan fingerprint density at radius 1 is 1.20 bits per heavy atom. The third-order valence-electron chi connectivity index (χ3n) is 6.14. The van der Waals surface area contributed by atoms with Gasteiger partial charge in [-0.1, -0.05) is 47.5 Å². The minimum Gasteiger partial charge on any atom is -0.350 e. The predicted molar refractivity (Wildman–Crippen MR) is 127 cm³/mol. The summed E-state index contributed by atoms with van der Waals surface area (Å²) >= 11 is 3.80. The molecular formula is C21H33BrClN3O3S. The lowest BCUT2D eigenvalue weighted by molar-refractivity contribution is 0.0262. The molecule has 3 rings (SSSR count). The molecule has 2 aliphatic rings. The van der Waals surface area contributed by atoms with Gasteiger partial charge in [0.2, 0.25) is 10.0 Å². The van der Waals surface area contributed by atoms with E-state index < -0.39 is 10.0 Å². The molecule has 0 aromatic heterocycles. The third kappa shape index (κ3) is 6.19. The molecule has 1 saturated heterocycles. The van der Waals surface area contributed by atoms with Gasteiger partial charge in [0, 0.05) is 48.7 Å². The van der Waals surface area contributed by atoms with Gasteiger partial charge in [0.25, 0.3) is 5.91 Å². The summed E-state index contributed by atoms with van der Waals surface area (Å²) in [6.07, 6.45) is 4.86. The summed E-state index contributed by atoms with van der Waals surface area (Å²) in [6.45, 7) is 4.97. The first kappa shape index (κ1) is 25.6. The predicted octanol–water partition coefficient (Wildman–Crippen LogP) is 3.27. The van der Waals surface area contributed by atoms with Crippen LogP contribution in [0.5, 0.6) is 0 Å². The van der Waals surface area contributed by atoms with Gasteiger partial charge in [-0.2, -0.15) is 4.31 Å². The fourth-order valence-electron chi connectivity index (χ4n) is 4.59. The summed E-state index contributed by atoms with van der Waals surface area (Å²) in [6, 6.07) is 9.30. The molecule has 2 atom stereocenters. The highest BCUT2D eigenvalue weighted by Gasteiger charge is 2.43. The molecule has 1 aromatic rings. The van der Waals surface area contributed by atoms with Crippen LogP contribution >= 0.6 is 28.3 Å². The molecule has 1 aliphatic heterocycles. The van der Waals surface area contributed by atoms with Crippen molar-refractivity contribution in [2.75, 3.05) is 38.5 Å². The van der Waals surface area contributed by atoms with Gasteiger partial charge in [-0.3, -0.25) is 9.69 Å². The number of amides is 1. The van der Waals surface area contributed by atoms with Crippen LogP contribution in [-0.4, -0.2) is 72.4 Å². The molecule has 2 fully saturated rings. The van der Waals surface area contributed by atoms with Crippen molar-refractivity contribution in [3.8, 4) is 0 Å². The number of piperazine rings is 1. The quantitative estimate of drug-likeness (QED) is 0.558. The number of hydrogen-bond donors (Lipinski definition) is 1. The lowest BCUT2D eigenvalue weighted by Crippen LogP contribution is -2.63. The number of carbonyl (C=O) groups excluding carboxylic acids is 1. The molecule has 0 radical (unpaired) electrons. The number of alkyl halides is 1. The Hall–Kier alpha value is -0.670. The zero-order chi connectivity index (χ0) is 20.9. The van der Waals surface area contributed by atoms with Crippen LogP contribution in [-0.2, 0) is 10.0 Å². The number of halogens is 2. The number of rotatable bonds is 7. The van der Waals surface area contributed by atoms with Crippen molar-refractivity contribution >= 4 is 44.3 Å². The van der Waals surface area contributed by atoms with Crippen molar-refractivity contribution < 1.29 is 13.2 Å². The van der Waals surface area contributed by atoms with Crippen molar-refractivity contribution in [3.05, 3.63) is 35.9 Å². The Kier molecular flexibility index (Phi) is 9.61. The van der Waals surface area contributed by atoms with Gasteiger partial charge in [-0.05, 0) is 37.8 Å². The molecular weight excluding hydrogens is 490 g/mol. The van der Waals surface area contributed by atoms with Gasteiger partial charge in [0.05, 0.1) is 5.75 Å². The second-order valence-electron chi connectivity index (χ2n) is 8.17. The number of sulfonamides is 1. The van der Waals surface area contributed by atoms with E-state index in [9.17, 15) is 13.2 Å². The number of nitrogens with one attached hydrogen (secondary N) is 1. The molecule has 1 saturated carbocycles. The average Bonchev–Trinajstić information content (AvgIpc) is 2.73. The monoisotopic (exact) mass is 521 g/mol. The van der Waals surface area contributed by atoms with E-state index >= 15 is 0 Å². The Labute approximate surface area is 195 Å². The molecule has 170 valence electrons. The molecule has 9 heteroatoms. The summed E-state index contributed by atoms with van der Waals surface area (Å²) in [5, 5.41) is 3.16. The average molecular weight is 523 g/mol. The third-order valence-corrected chi connectivity index (χ3v) is 9.00. The zero-order valence-electron chi connectivity index (χ0n) is 17.6. The van der Waals surface area contributed by atoms with Crippen LogP contribution < -0.4 is 5.32 Å². The molecule has 1 amide bonds. The lowest BCUT2D eigenvalue weighted by atomic mass is 9.79. The summed E-state index contributed by atoms with van der Waals surface area (Å²) in [7, 11) is -3.15. The largest absolute Gasteiger partial charge is 0.350 e. The summed E-state index contributed by atoms with van der Waals surface area (Å²) in [4.78, 5) is 15.5. The van der Waals surface area contributed by atoms with Gasteiger partial charge in [-0.25, -0.2) is 8.42 Å². The topological polar surface area (TPSA) is 69.7 Å². The fraction of sp³-hybridized carbons (Fsp3) is 0.667. The van der Waals surface area contributed by atoms with Crippen LogP contribution in [0.2, 0.25) is 0 Å². The number of carbonyl (C=O) groups is 1. The fourth-order valence-corrected chi connectivity index (χ4v) is 7.01. The zero-order valence-corrected chi connectivity index (χ0v) is 20.8. The Morgan fingerprint density at radius 3 is 2.47 bits per heavy atom. The van der Waals surface area contributed by atoms with Crippen LogP contribution in [0.1, 0.15) is 49.4 Å². The van der Waals surface area contributed by atoms with Gasteiger partial charge < -0.3 is 5.32 Å². The lowest BCUT2D eigenvalue weighted by Gasteiger charge is -2.50. The maximum atomic E-state index is 12.6. The molecule has 1 heterocycles. The maximum Gasteiger partial charge on any atom is 0.251 e. The highest BCUT2D eigenvalue weighted by molar-refractivity contribution is 9.09. The number of benzene rings is 1. The molecule has 2 unspecified atom stereocenters. The van der Waals surface area contributed by atoms with E-state index in [1.54, 1.807) is 4.31 Å². The highest BCUT2D eigenvalue weighted by Crippen LogP contribution is 2.37. The minimum absolute atomic E-state index is 0. The molecule has 30 heavy (non-hydrogen) atoms. The van der Waals surface area contributed by atoms with E-state index in [0.717, 1.165) is 25.7 Å². The molecule has 1 aliphatic carbocycles. The molecule has 6 nitrogen and oxygen atoms in total. The first-order valence-corrected chi connectivity index (χ1v) is 13.1. The van der Waals surface area contributed by atoms with E-state index in [-0.39, 0.29) is 29.6 Å². The van der Waals surface area contributed by atoms with Crippen LogP contribution in [0.3, 0.4) is 0 Å². The first-order chi connectivity index (χ1) is 13.9. The van der Waals surface area contributed by atoms with Gasteiger partial charge in [0.1, 0.15) is 0 Å². The summed E-state index contributed by atoms with van der Waals surface area (Å²) in [5.41, 5.74) is 0.543. The number of hydrogen-bond acceptors (Lipinski definition) is 4. The smallest absolute Gasteiger partial charge is 0.251 e. The minimum atomic E-state index is -3.15. The van der Waals surface area contributed by atoms with E-state index in [0.29, 0.717) is 49.5 Å². The molecule has 0 bridgehead atoms. The van der Waals surface area contributed by atoms with E-state index in [1.807, 2.05) is 37.3 Å². The van der Waals surface area contributed by atoms with Crippen LogP contribution in [0.15, 0.2) is 30.3 Å². The van der Waals surface area contributed by atoms with E-state index in [1.165, 1.54) is 0 Å². The van der Waals surface area contributed by atoms with Crippen molar-refractivity contribution in [2.45, 2.75) is 49.4 Å². The van der Waals surface area contributed by atoms with Crippen molar-refractivity contribution in [3.63, 3.8) is 0 Å². The second-order valence-corrected chi connectivity index (χ2v) is 11.6. The van der Waals surface area contributed by atoms with Crippen LogP contribution in [0.4, 0.5) is 0 Å². The van der Waals surface area contributed by atoms with E-state index in [4.69, 9.17) is 0 Å². The first-order valence-electron chi connectivity index (χ1n) is 10.6. The molecule has 1 N–H and O–H groups in total. The number of nitrogens with zero attached hydrogens (tertiary/aromatic N) is 2. The maximum absolute atomic E-state index is 12.6. The SMILES string of the molecule is CCCS(=O)(=O)N1CCN(C2(CNC(=O)c3ccccc3)CCCC(Br)C2)CC1.Cl.